The topological polar surface area (TPSA) is 40.5 Å². The SMILES string of the molecule is CC(C)CN(CC(=O)O)C1CCCC(C2CC2)C1. The Kier molecular flexibility index (Phi) is 4.66. The second-order valence-electron chi connectivity index (χ2n) is 6.63. The minimum absolute atomic E-state index is 0.222. The maximum atomic E-state index is 11.0. The van der Waals surface area contributed by atoms with Gasteiger partial charge in [-0.25, -0.2) is 0 Å². The van der Waals surface area contributed by atoms with Gasteiger partial charge in [0.2, 0.25) is 0 Å². The smallest absolute Gasteiger partial charge is 0.317 e. The van der Waals surface area contributed by atoms with Crippen LogP contribution in [0.15, 0.2) is 0 Å². The number of carboxylic acids is 1. The molecular weight excluding hydrogens is 226 g/mol. The highest BCUT2D eigenvalue weighted by molar-refractivity contribution is 5.69. The molecule has 2 fully saturated rings. The quantitative estimate of drug-likeness (QED) is 0.791. The van der Waals surface area contributed by atoms with Crippen molar-refractivity contribution < 1.29 is 9.90 Å². The molecule has 2 aliphatic carbocycles. The molecular formula is C15H27NO2. The summed E-state index contributed by atoms with van der Waals surface area (Å²) in [5.41, 5.74) is 0. The molecule has 0 heterocycles. The summed E-state index contributed by atoms with van der Waals surface area (Å²) in [7, 11) is 0. The van der Waals surface area contributed by atoms with E-state index in [1.165, 1.54) is 38.5 Å². The number of carbonyl (C=O) groups is 1. The van der Waals surface area contributed by atoms with Crippen molar-refractivity contribution in [1.82, 2.24) is 4.90 Å². The van der Waals surface area contributed by atoms with Crippen LogP contribution in [-0.4, -0.2) is 35.1 Å². The lowest BCUT2D eigenvalue weighted by Gasteiger charge is -2.37. The largest absolute Gasteiger partial charge is 0.480 e. The van der Waals surface area contributed by atoms with Crippen LogP contribution >= 0.6 is 0 Å². The van der Waals surface area contributed by atoms with Gasteiger partial charge in [-0.15, -0.1) is 0 Å². The van der Waals surface area contributed by atoms with E-state index in [2.05, 4.69) is 18.7 Å². The van der Waals surface area contributed by atoms with E-state index in [9.17, 15) is 4.79 Å². The molecule has 3 nitrogen and oxygen atoms in total. The summed E-state index contributed by atoms with van der Waals surface area (Å²) in [5.74, 6) is 1.72. The zero-order chi connectivity index (χ0) is 13.1. The summed E-state index contributed by atoms with van der Waals surface area (Å²) in [5, 5.41) is 9.07. The molecule has 0 amide bonds. The zero-order valence-electron chi connectivity index (χ0n) is 11.8. The maximum absolute atomic E-state index is 11.0. The molecule has 0 aromatic rings. The van der Waals surface area contributed by atoms with Crippen LogP contribution in [0.25, 0.3) is 0 Å². The fourth-order valence-corrected chi connectivity index (χ4v) is 3.51. The minimum Gasteiger partial charge on any atom is -0.480 e. The molecule has 2 aliphatic rings. The van der Waals surface area contributed by atoms with Gasteiger partial charge in [0.25, 0.3) is 0 Å². The molecule has 0 aromatic carbocycles. The van der Waals surface area contributed by atoms with Crippen molar-refractivity contribution in [2.75, 3.05) is 13.1 Å². The second-order valence-corrected chi connectivity index (χ2v) is 6.63. The number of rotatable bonds is 6. The molecule has 0 aliphatic heterocycles. The Labute approximate surface area is 111 Å². The summed E-state index contributed by atoms with van der Waals surface area (Å²) >= 11 is 0. The Hall–Kier alpha value is -0.570. The molecule has 0 bridgehead atoms. The number of hydrogen-bond donors (Lipinski definition) is 1. The lowest BCUT2D eigenvalue weighted by atomic mass is 9.82. The van der Waals surface area contributed by atoms with Gasteiger partial charge in [0.15, 0.2) is 0 Å². The van der Waals surface area contributed by atoms with Gasteiger partial charge in [-0.3, -0.25) is 9.69 Å². The Bertz CT molecular complexity index is 286. The van der Waals surface area contributed by atoms with Gasteiger partial charge in [0, 0.05) is 12.6 Å². The van der Waals surface area contributed by atoms with E-state index in [1.54, 1.807) is 0 Å². The monoisotopic (exact) mass is 253 g/mol. The molecule has 1 N–H and O–H groups in total. The first kappa shape index (κ1) is 13.9. The van der Waals surface area contributed by atoms with Crippen LogP contribution < -0.4 is 0 Å². The Morgan fingerprint density at radius 3 is 2.50 bits per heavy atom. The van der Waals surface area contributed by atoms with Crippen LogP contribution in [0, 0.1) is 17.8 Å². The number of hydrogen-bond acceptors (Lipinski definition) is 2. The van der Waals surface area contributed by atoms with Crippen molar-refractivity contribution in [3.8, 4) is 0 Å². The van der Waals surface area contributed by atoms with Gasteiger partial charge in [-0.2, -0.15) is 0 Å². The highest BCUT2D eigenvalue weighted by atomic mass is 16.4. The lowest BCUT2D eigenvalue weighted by Crippen LogP contribution is -2.44. The molecule has 2 atom stereocenters. The summed E-state index contributed by atoms with van der Waals surface area (Å²) in [6.07, 6.45) is 7.94. The van der Waals surface area contributed by atoms with Crippen molar-refractivity contribution in [1.29, 1.82) is 0 Å². The molecule has 0 radical (unpaired) electrons. The van der Waals surface area contributed by atoms with Crippen molar-refractivity contribution in [3.05, 3.63) is 0 Å². The first-order valence-corrected chi connectivity index (χ1v) is 7.52. The van der Waals surface area contributed by atoms with Crippen LogP contribution in [0.4, 0.5) is 0 Å². The van der Waals surface area contributed by atoms with Gasteiger partial charge in [-0.05, 0) is 43.4 Å². The second kappa shape index (κ2) is 6.05. The fraction of sp³-hybridized carbons (Fsp3) is 0.933. The zero-order valence-corrected chi connectivity index (χ0v) is 11.8. The van der Waals surface area contributed by atoms with E-state index in [0.717, 1.165) is 18.4 Å². The molecule has 18 heavy (non-hydrogen) atoms. The van der Waals surface area contributed by atoms with Crippen molar-refractivity contribution >= 4 is 5.97 Å². The van der Waals surface area contributed by atoms with E-state index >= 15 is 0 Å². The van der Waals surface area contributed by atoms with Gasteiger partial charge < -0.3 is 5.11 Å². The summed E-state index contributed by atoms with van der Waals surface area (Å²) in [4.78, 5) is 13.2. The summed E-state index contributed by atoms with van der Waals surface area (Å²) < 4.78 is 0. The molecule has 2 unspecified atom stereocenters. The molecule has 0 aromatic heterocycles. The van der Waals surface area contributed by atoms with Gasteiger partial charge in [-0.1, -0.05) is 26.7 Å². The minimum atomic E-state index is -0.677. The maximum Gasteiger partial charge on any atom is 0.317 e. The van der Waals surface area contributed by atoms with Crippen LogP contribution in [0.5, 0.6) is 0 Å². The van der Waals surface area contributed by atoms with Gasteiger partial charge in [0.1, 0.15) is 0 Å². The summed E-state index contributed by atoms with van der Waals surface area (Å²) in [6, 6.07) is 0.517. The van der Waals surface area contributed by atoms with Crippen LogP contribution in [0.3, 0.4) is 0 Å². The van der Waals surface area contributed by atoms with E-state index in [4.69, 9.17) is 5.11 Å². The molecule has 2 saturated carbocycles. The number of carboxylic acid groups (broad SMARTS) is 1. The Morgan fingerprint density at radius 2 is 1.94 bits per heavy atom. The third kappa shape index (κ3) is 3.98. The third-order valence-corrected chi connectivity index (χ3v) is 4.43. The first-order chi connectivity index (χ1) is 8.56. The van der Waals surface area contributed by atoms with E-state index in [-0.39, 0.29) is 6.54 Å². The highest BCUT2D eigenvalue weighted by Crippen LogP contribution is 2.44. The predicted octanol–water partition coefficient (Wildman–Crippen LogP) is 3.00. The number of aliphatic carboxylic acids is 1. The highest BCUT2D eigenvalue weighted by Gasteiger charge is 2.36. The normalized spacial score (nSPS) is 28.9. The van der Waals surface area contributed by atoms with Crippen molar-refractivity contribution in [2.24, 2.45) is 17.8 Å². The average molecular weight is 253 g/mol. The van der Waals surface area contributed by atoms with Crippen LogP contribution in [0.1, 0.15) is 52.4 Å². The van der Waals surface area contributed by atoms with Crippen molar-refractivity contribution in [3.63, 3.8) is 0 Å². The Morgan fingerprint density at radius 1 is 1.22 bits per heavy atom. The predicted molar refractivity (Wildman–Crippen MR) is 72.5 cm³/mol. The van der Waals surface area contributed by atoms with Gasteiger partial charge >= 0.3 is 5.97 Å². The van der Waals surface area contributed by atoms with E-state index in [0.29, 0.717) is 12.0 Å². The number of nitrogens with zero attached hydrogens (tertiary/aromatic N) is 1. The van der Waals surface area contributed by atoms with Gasteiger partial charge in [0.05, 0.1) is 6.54 Å². The van der Waals surface area contributed by atoms with E-state index < -0.39 is 5.97 Å². The fourth-order valence-electron chi connectivity index (χ4n) is 3.51. The van der Waals surface area contributed by atoms with Crippen molar-refractivity contribution in [2.45, 2.75) is 58.4 Å². The lowest BCUT2D eigenvalue weighted by molar-refractivity contribution is -0.139. The van der Waals surface area contributed by atoms with E-state index in [1.807, 2.05) is 0 Å². The Balaban J connectivity index is 1.92. The first-order valence-electron chi connectivity index (χ1n) is 7.52. The molecule has 3 heteroatoms. The standard InChI is InChI=1S/C15H27NO2/c1-11(2)9-16(10-15(17)18)14-5-3-4-13(8-14)12-6-7-12/h11-14H,3-10H2,1-2H3,(H,17,18). The van der Waals surface area contributed by atoms with Crippen LogP contribution in [-0.2, 0) is 4.79 Å². The molecule has 0 saturated heterocycles. The summed E-state index contributed by atoms with van der Waals surface area (Å²) in [6.45, 7) is 5.50. The molecule has 104 valence electrons. The molecule has 2 rings (SSSR count). The average Bonchev–Trinajstić information content (AvgIpc) is 3.11. The van der Waals surface area contributed by atoms with Crippen LogP contribution in [0.2, 0.25) is 0 Å². The molecule has 0 spiro atoms. The third-order valence-electron chi connectivity index (χ3n) is 4.43.